The Morgan fingerprint density at radius 1 is 1.05 bits per heavy atom. The highest BCUT2D eigenvalue weighted by Crippen LogP contribution is 2.34. The van der Waals surface area contributed by atoms with Crippen LogP contribution in [-0.2, 0) is 0 Å². The Labute approximate surface area is 124 Å². The van der Waals surface area contributed by atoms with Gasteiger partial charge >= 0.3 is 6.03 Å². The Hall–Kier alpha value is -2.21. The summed E-state index contributed by atoms with van der Waals surface area (Å²) in [6.07, 6.45) is 0. The minimum Gasteiger partial charge on any atom is -0.454 e. The number of anilines is 2. The first-order chi connectivity index (χ1) is 9.72. The summed E-state index contributed by atoms with van der Waals surface area (Å²) in [5.41, 5.74) is 1.34. The summed E-state index contributed by atoms with van der Waals surface area (Å²) in [5.74, 6) is 1.31. The lowest BCUT2D eigenvalue weighted by atomic mass is 10.3. The van der Waals surface area contributed by atoms with Crippen LogP contribution in [0.25, 0.3) is 0 Å². The molecule has 3 rings (SSSR count). The number of carbonyl (C=O) groups excluding carboxylic acids is 1. The molecular formula is C14H11BrN2O3. The molecule has 2 aromatic rings. The molecule has 0 spiro atoms. The second kappa shape index (κ2) is 5.42. The van der Waals surface area contributed by atoms with E-state index < -0.39 is 0 Å². The van der Waals surface area contributed by atoms with Crippen LogP contribution in [0.2, 0.25) is 0 Å². The molecule has 0 saturated heterocycles. The molecule has 0 saturated carbocycles. The van der Waals surface area contributed by atoms with Gasteiger partial charge in [0.1, 0.15) is 0 Å². The van der Waals surface area contributed by atoms with E-state index in [9.17, 15) is 4.79 Å². The Morgan fingerprint density at radius 3 is 2.70 bits per heavy atom. The molecule has 2 amide bonds. The largest absolute Gasteiger partial charge is 0.454 e. The van der Waals surface area contributed by atoms with Gasteiger partial charge in [-0.2, -0.15) is 0 Å². The third-order valence-corrected chi connectivity index (χ3v) is 3.44. The molecule has 1 aliphatic heterocycles. The van der Waals surface area contributed by atoms with Gasteiger partial charge in [0.2, 0.25) is 6.79 Å². The van der Waals surface area contributed by atoms with Gasteiger partial charge in [-0.1, -0.05) is 12.1 Å². The maximum atomic E-state index is 11.9. The van der Waals surface area contributed by atoms with Gasteiger partial charge in [-0.05, 0) is 40.2 Å². The summed E-state index contributed by atoms with van der Waals surface area (Å²) in [6, 6.07) is 12.3. The molecule has 2 N–H and O–H groups in total. The molecule has 5 nitrogen and oxygen atoms in total. The van der Waals surface area contributed by atoms with Crippen molar-refractivity contribution in [3.8, 4) is 11.5 Å². The molecule has 0 aromatic heterocycles. The Morgan fingerprint density at radius 2 is 1.85 bits per heavy atom. The van der Waals surface area contributed by atoms with Crippen molar-refractivity contribution in [3.63, 3.8) is 0 Å². The van der Waals surface area contributed by atoms with Crippen LogP contribution in [0, 0.1) is 0 Å². The highest BCUT2D eigenvalue weighted by Gasteiger charge is 2.14. The number of halogens is 1. The van der Waals surface area contributed by atoms with Gasteiger partial charge in [0.05, 0.1) is 5.69 Å². The predicted molar refractivity (Wildman–Crippen MR) is 79.3 cm³/mol. The minimum atomic E-state index is -0.323. The lowest BCUT2D eigenvalue weighted by Gasteiger charge is -2.09. The van der Waals surface area contributed by atoms with E-state index in [0.717, 1.165) is 4.47 Å². The zero-order valence-electron chi connectivity index (χ0n) is 10.4. The van der Waals surface area contributed by atoms with Gasteiger partial charge in [-0.3, -0.25) is 0 Å². The van der Waals surface area contributed by atoms with Crippen molar-refractivity contribution in [2.45, 2.75) is 0 Å². The summed E-state index contributed by atoms with van der Waals surface area (Å²) in [7, 11) is 0. The van der Waals surface area contributed by atoms with Crippen LogP contribution in [0.4, 0.5) is 16.2 Å². The van der Waals surface area contributed by atoms with Gasteiger partial charge in [-0.25, -0.2) is 4.79 Å². The van der Waals surface area contributed by atoms with E-state index in [1.807, 2.05) is 24.3 Å². The molecule has 1 heterocycles. The molecule has 20 heavy (non-hydrogen) atoms. The second-order valence-corrected chi connectivity index (χ2v) is 4.98. The van der Waals surface area contributed by atoms with Crippen molar-refractivity contribution in [2.75, 3.05) is 17.4 Å². The maximum Gasteiger partial charge on any atom is 0.323 e. The molecule has 0 aliphatic carbocycles. The standard InChI is InChI=1S/C14H11BrN2O3/c15-10-3-1-2-4-11(10)17-14(18)16-9-5-6-12-13(7-9)20-8-19-12/h1-7H,8H2,(H2,16,17,18). The Bertz CT molecular complexity index is 661. The fourth-order valence-electron chi connectivity index (χ4n) is 1.82. The number of amides is 2. The van der Waals surface area contributed by atoms with Crippen LogP contribution in [0.5, 0.6) is 11.5 Å². The Kier molecular flexibility index (Phi) is 3.47. The summed E-state index contributed by atoms with van der Waals surface area (Å²) in [5, 5.41) is 5.50. The zero-order chi connectivity index (χ0) is 13.9. The number of para-hydroxylation sites is 1. The molecule has 0 radical (unpaired) electrons. The van der Waals surface area contributed by atoms with Gasteiger partial charge in [0, 0.05) is 16.2 Å². The smallest absolute Gasteiger partial charge is 0.323 e. The van der Waals surface area contributed by atoms with E-state index >= 15 is 0 Å². The number of fused-ring (bicyclic) bond motifs is 1. The number of hydrogen-bond donors (Lipinski definition) is 2. The number of ether oxygens (including phenoxy) is 2. The SMILES string of the molecule is O=C(Nc1ccc2c(c1)OCO2)Nc1ccccc1Br. The van der Waals surface area contributed by atoms with E-state index in [0.29, 0.717) is 22.9 Å². The summed E-state index contributed by atoms with van der Waals surface area (Å²) in [6.45, 7) is 0.210. The lowest BCUT2D eigenvalue weighted by Crippen LogP contribution is -2.19. The summed E-state index contributed by atoms with van der Waals surface area (Å²) in [4.78, 5) is 11.9. The van der Waals surface area contributed by atoms with Crippen molar-refractivity contribution < 1.29 is 14.3 Å². The number of hydrogen-bond acceptors (Lipinski definition) is 3. The van der Waals surface area contributed by atoms with Crippen LogP contribution in [0.15, 0.2) is 46.9 Å². The fourth-order valence-corrected chi connectivity index (χ4v) is 2.21. The maximum absolute atomic E-state index is 11.9. The third kappa shape index (κ3) is 2.70. The fraction of sp³-hybridized carbons (Fsp3) is 0.0714. The van der Waals surface area contributed by atoms with Crippen molar-refractivity contribution in [3.05, 3.63) is 46.9 Å². The highest BCUT2D eigenvalue weighted by molar-refractivity contribution is 9.10. The molecular weight excluding hydrogens is 324 g/mol. The van der Waals surface area contributed by atoms with E-state index in [1.165, 1.54) is 0 Å². The molecule has 102 valence electrons. The molecule has 0 fully saturated rings. The molecule has 1 aliphatic rings. The lowest BCUT2D eigenvalue weighted by molar-refractivity contribution is 0.174. The molecule has 0 bridgehead atoms. The highest BCUT2D eigenvalue weighted by atomic mass is 79.9. The average molecular weight is 335 g/mol. The Balaban J connectivity index is 1.69. The number of nitrogens with one attached hydrogen (secondary N) is 2. The normalized spacial score (nSPS) is 12.1. The van der Waals surface area contributed by atoms with Crippen molar-refractivity contribution in [1.82, 2.24) is 0 Å². The minimum absolute atomic E-state index is 0.210. The summed E-state index contributed by atoms with van der Waals surface area (Å²) >= 11 is 3.37. The van der Waals surface area contributed by atoms with Gasteiger partial charge in [-0.15, -0.1) is 0 Å². The molecule has 2 aromatic carbocycles. The van der Waals surface area contributed by atoms with E-state index in [4.69, 9.17) is 9.47 Å². The van der Waals surface area contributed by atoms with Crippen LogP contribution < -0.4 is 20.1 Å². The van der Waals surface area contributed by atoms with E-state index in [-0.39, 0.29) is 12.8 Å². The molecule has 0 atom stereocenters. The second-order valence-electron chi connectivity index (χ2n) is 4.13. The first kappa shape index (κ1) is 12.8. The van der Waals surface area contributed by atoms with Crippen LogP contribution in [0.3, 0.4) is 0 Å². The van der Waals surface area contributed by atoms with Crippen molar-refractivity contribution >= 4 is 33.3 Å². The van der Waals surface area contributed by atoms with Crippen molar-refractivity contribution in [1.29, 1.82) is 0 Å². The average Bonchev–Trinajstić information content (AvgIpc) is 2.89. The third-order valence-electron chi connectivity index (χ3n) is 2.75. The van der Waals surface area contributed by atoms with Crippen molar-refractivity contribution in [2.24, 2.45) is 0 Å². The topological polar surface area (TPSA) is 59.6 Å². The number of urea groups is 1. The zero-order valence-corrected chi connectivity index (χ0v) is 11.9. The first-order valence-corrected chi connectivity index (χ1v) is 6.74. The number of benzene rings is 2. The molecule has 0 unspecified atom stereocenters. The van der Waals surface area contributed by atoms with E-state index in [1.54, 1.807) is 18.2 Å². The van der Waals surface area contributed by atoms with E-state index in [2.05, 4.69) is 26.6 Å². The van der Waals surface area contributed by atoms with Gasteiger partial charge in [0.25, 0.3) is 0 Å². The van der Waals surface area contributed by atoms with Crippen LogP contribution in [-0.4, -0.2) is 12.8 Å². The van der Waals surface area contributed by atoms with Gasteiger partial charge < -0.3 is 20.1 Å². The quantitative estimate of drug-likeness (QED) is 0.877. The van der Waals surface area contributed by atoms with Crippen LogP contribution >= 0.6 is 15.9 Å². The van der Waals surface area contributed by atoms with Gasteiger partial charge in [0.15, 0.2) is 11.5 Å². The molecule has 6 heteroatoms. The van der Waals surface area contributed by atoms with Crippen LogP contribution in [0.1, 0.15) is 0 Å². The number of rotatable bonds is 2. The predicted octanol–water partition coefficient (Wildman–Crippen LogP) is 3.82. The summed E-state index contributed by atoms with van der Waals surface area (Å²) < 4.78 is 11.3. The monoisotopic (exact) mass is 334 g/mol. The number of carbonyl (C=O) groups is 1. The first-order valence-electron chi connectivity index (χ1n) is 5.94.